The lowest BCUT2D eigenvalue weighted by molar-refractivity contribution is -0.132. The number of hydrogen-bond acceptors (Lipinski definition) is 7. The first-order chi connectivity index (χ1) is 13.2. The van der Waals surface area contributed by atoms with E-state index in [0.717, 1.165) is 58.5 Å². The van der Waals surface area contributed by atoms with Crippen LogP contribution in [-0.4, -0.2) is 93.7 Å². The molecule has 2 aliphatic rings. The molecule has 1 N–H and O–H groups in total. The van der Waals surface area contributed by atoms with E-state index in [1.807, 2.05) is 18.2 Å². The molecule has 0 aliphatic carbocycles. The van der Waals surface area contributed by atoms with Crippen molar-refractivity contribution >= 4 is 11.7 Å². The summed E-state index contributed by atoms with van der Waals surface area (Å²) < 4.78 is 15.2. The van der Waals surface area contributed by atoms with Gasteiger partial charge in [-0.2, -0.15) is 0 Å². The second-order valence-electron chi connectivity index (χ2n) is 6.01. The first-order valence-electron chi connectivity index (χ1n) is 9.44. The van der Waals surface area contributed by atoms with Crippen molar-refractivity contribution in [3.05, 3.63) is 24.4 Å². The molecule has 154 valence electrons. The fraction of sp³-hybridized carbons (Fsp3) is 0.684. The zero-order valence-corrected chi connectivity index (χ0v) is 16.9. The van der Waals surface area contributed by atoms with Crippen LogP contribution < -0.4 is 5.32 Å². The summed E-state index contributed by atoms with van der Waals surface area (Å²) in [6.45, 7) is 11.9. The van der Waals surface area contributed by atoms with E-state index in [-0.39, 0.29) is 5.91 Å². The number of amides is 1. The number of ether oxygens (including phenoxy) is 3. The number of anilines is 1. The standard InChI is InChI=1S/C7H10N2.C6H13NO2.C6H11NO2/c1-2-8-7-5-3-4-6-9-7;1-8-6-7-2-4-9-5-3-7;1-6(8)7-2-4-9-5-3-7/h3-6H,2H2,1H3,(H,8,9);2-6H2,1H3;2-5H2,1H3. The van der Waals surface area contributed by atoms with Gasteiger partial charge in [0.25, 0.3) is 0 Å². The summed E-state index contributed by atoms with van der Waals surface area (Å²) in [4.78, 5) is 18.7. The minimum atomic E-state index is 0.151. The Hall–Kier alpha value is -1.74. The Bertz CT molecular complexity index is 475. The van der Waals surface area contributed by atoms with Crippen molar-refractivity contribution in [2.45, 2.75) is 13.8 Å². The Labute approximate surface area is 162 Å². The summed E-state index contributed by atoms with van der Waals surface area (Å²) in [5, 5.41) is 3.10. The van der Waals surface area contributed by atoms with Gasteiger partial charge in [-0.05, 0) is 19.1 Å². The van der Waals surface area contributed by atoms with Gasteiger partial charge in [0, 0.05) is 53.0 Å². The predicted molar refractivity (Wildman–Crippen MR) is 106 cm³/mol. The van der Waals surface area contributed by atoms with Gasteiger partial charge in [0.05, 0.1) is 33.2 Å². The van der Waals surface area contributed by atoms with Crippen LogP contribution in [0.1, 0.15) is 13.8 Å². The van der Waals surface area contributed by atoms with Crippen molar-refractivity contribution in [3.63, 3.8) is 0 Å². The van der Waals surface area contributed by atoms with E-state index < -0.39 is 0 Å². The molecule has 0 unspecified atom stereocenters. The number of morpholine rings is 2. The molecule has 0 saturated carbocycles. The Morgan fingerprint density at radius 3 is 2.22 bits per heavy atom. The average Bonchev–Trinajstić information content (AvgIpc) is 2.72. The van der Waals surface area contributed by atoms with Crippen LogP contribution in [0.4, 0.5) is 5.82 Å². The lowest BCUT2D eigenvalue weighted by Crippen LogP contribution is -2.39. The number of carbonyl (C=O) groups excluding carboxylic acids is 1. The van der Waals surface area contributed by atoms with Crippen molar-refractivity contribution in [1.29, 1.82) is 0 Å². The average molecular weight is 383 g/mol. The molecule has 0 radical (unpaired) electrons. The molecular formula is C19H34N4O4. The van der Waals surface area contributed by atoms with Gasteiger partial charge in [0.15, 0.2) is 0 Å². The van der Waals surface area contributed by atoms with Crippen molar-refractivity contribution in [3.8, 4) is 0 Å². The lowest BCUT2D eigenvalue weighted by atomic mass is 10.4. The molecule has 2 fully saturated rings. The Morgan fingerprint density at radius 2 is 1.78 bits per heavy atom. The maximum atomic E-state index is 10.7. The minimum Gasteiger partial charge on any atom is -0.379 e. The highest BCUT2D eigenvalue weighted by atomic mass is 16.5. The third-order valence-electron chi connectivity index (χ3n) is 3.89. The van der Waals surface area contributed by atoms with Gasteiger partial charge in [-0.3, -0.25) is 9.69 Å². The quantitative estimate of drug-likeness (QED) is 0.841. The van der Waals surface area contributed by atoms with E-state index in [9.17, 15) is 4.79 Å². The molecule has 1 aromatic heterocycles. The molecule has 2 aliphatic heterocycles. The molecule has 8 heteroatoms. The molecule has 8 nitrogen and oxygen atoms in total. The van der Waals surface area contributed by atoms with Gasteiger partial charge in [-0.1, -0.05) is 6.07 Å². The van der Waals surface area contributed by atoms with Crippen LogP contribution >= 0.6 is 0 Å². The van der Waals surface area contributed by atoms with Crippen LogP contribution in [-0.2, 0) is 19.0 Å². The van der Waals surface area contributed by atoms with Crippen LogP contribution in [0.15, 0.2) is 24.4 Å². The normalized spacial score (nSPS) is 17.1. The van der Waals surface area contributed by atoms with E-state index in [0.29, 0.717) is 13.2 Å². The Kier molecular flexibility index (Phi) is 13.2. The number of rotatable bonds is 4. The maximum absolute atomic E-state index is 10.7. The molecule has 1 amide bonds. The summed E-state index contributed by atoms with van der Waals surface area (Å²) in [6, 6.07) is 5.81. The molecular weight excluding hydrogens is 348 g/mol. The topological polar surface area (TPSA) is 76.2 Å². The predicted octanol–water partition coefficient (Wildman–Crippen LogP) is 1.30. The van der Waals surface area contributed by atoms with E-state index in [1.165, 1.54) is 0 Å². The number of hydrogen-bond donors (Lipinski definition) is 1. The van der Waals surface area contributed by atoms with Gasteiger partial charge in [0.2, 0.25) is 5.91 Å². The van der Waals surface area contributed by atoms with Gasteiger partial charge in [-0.15, -0.1) is 0 Å². The summed E-state index contributed by atoms with van der Waals surface area (Å²) in [5.74, 6) is 1.10. The van der Waals surface area contributed by atoms with Crippen molar-refractivity contribution in [1.82, 2.24) is 14.8 Å². The first kappa shape index (κ1) is 23.3. The molecule has 1 aromatic rings. The van der Waals surface area contributed by atoms with E-state index in [2.05, 4.69) is 22.1 Å². The smallest absolute Gasteiger partial charge is 0.219 e. The van der Waals surface area contributed by atoms with Gasteiger partial charge < -0.3 is 24.4 Å². The van der Waals surface area contributed by atoms with Gasteiger partial charge >= 0.3 is 0 Å². The van der Waals surface area contributed by atoms with Crippen LogP contribution in [0.5, 0.6) is 0 Å². The highest BCUT2D eigenvalue weighted by molar-refractivity contribution is 5.73. The zero-order valence-electron chi connectivity index (χ0n) is 16.9. The largest absolute Gasteiger partial charge is 0.379 e. The molecule has 2 saturated heterocycles. The van der Waals surface area contributed by atoms with Crippen LogP contribution in [0.25, 0.3) is 0 Å². The molecule has 0 bridgehead atoms. The molecule has 3 heterocycles. The first-order valence-corrected chi connectivity index (χ1v) is 9.44. The molecule has 0 aromatic carbocycles. The summed E-state index contributed by atoms with van der Waals surface area (Å²) in [6.07, 6.45) is 1.78. The van der Waals surface area contributed by atoms with Crippen LogP contribution in [0.3, 0.4) is 0 Å². The fourth-order valence-corrected chi connectivity index (χ4v) is 2.44. The fourth-order valence-electron chi connectivity index (χ4n) is 2.44. The maximum Gasteiger partial charge on any atom is 0.219 e. The van der Waals surface area contributed by atoms with Crippen molar-refractivity contribution in [2.24, 2.45) is 0 Å². The number of aromatic nitrogens is 1. The zero-order chi connectivity index (χ0) is 19.7. The van der Waals surface area contributed by atoms with E-state index >= 15 is 0 Å². The monoisotopic (exact) mass is 382 g/mol. The van der Waals surface area contributed by atoms with E-state index in [4.69, 9.17) is 14.2 Å². The number of pyridine rings is 1. The molecule has 0 spiro atoms. The molecule has 3 rings (SSSR count). The second-order valence-corrected chi connectivity index (χ2v) is 6.01. The van der Waals surface area contributed by atoms with Crippen molar-refractivity contribution in [2.75, 3.05) is 78.3 Å². The third kappa shape index (κ3) is 11.6. The third-order valence-corrected chi connectivity index (χ3v) is 3.89. The minimum absolute atomic E-state index is 0.151. The van der Waals surface area contributed by atoms with Crippen LogP contribution in [0.2, 0.25) is 0 Å². The summed E-state index contributed by atoms with van der Waals surface area (Å²) >= 11 is 0. The molecule has 0 atom stereocenters. The SMILES string of the molecule is CC(=O)N1CCOCC1.CCNc1ccccn1.COCN1CCOCC1. The number of methoxy groups -OCH3 is 1. The summed E-state index contributed by atoms with van der Waals surface area (Å²) in [7, 11) is 1.72. The highest BCUT2D eigenvalue weighted by Gasteiger charge is 2.11. The Balaban J connectivity index is 0.000000202. The second kappa shape index (κ2) is 15.3. The van der Waals surface area contributed by atoms with Gasteiger partial charge in [-0.25, -0.2) is 4.98 Å². The highest BCUT2D eigenvalue weighted by Crippen LogP contribution is 1.97. The lowest BCUT2D eigenvalue weighted by Gasteiger charge is -2.25. The van der Waals surface area contributed by atoms with Crippen molar-refractivity contribution < 1.29 is 19.0 Å². The summed E-state index contributed by atoms with van der Waals surface area (Å²) in [5.41, 5.74) is 0. The van der Waals surface area contributed by atoms with E-state index in [1.54, 1.807) is 25.1 Å². The van der Waals surface area contributed by atoms with Gasteiger partial charge in [0.1, 0.15) is 5.82 Å². The molecule has 27 heavy (non-hydrogen) atoms. The number of nitrogens with one attached hydrogen (secondary N) is 1. The number of carbonyl (C=O) groups is 1. The number of nitrogens with zero attached hydrogens (tertiary/aromatic N) is 3. The van der Waals surface area contributed by atoms with Crippen LogP contribution in [0, 0.1) is 0 Å². The Morgan fingerprint density at radius 1 is 1.15 bits per heavy atom.